The number of nitrogen functional groups attached to an aromatic ring is 1. The highest BCUT2D eigenvalue weighted by atomic mass is 16.2. The Kier molecular flexibility index (Phi) is 2.76. The van der Waals surface area contributed by atoms with E-state index >= 15 is 0 Å². The average Bonchev–Trinajstić information content (AvgIpc) is 2.68. The van der Waals surface area contributed by atoms with Crippen LogP contribution < -0.4 is 16.4 Å². The zero-order valence-corrected chi connectivity index (χ0v) is 8.69. The summed E-state index contributed by atoms with van der Waals surface area (Å²) in [5.41, 5.74) is 6.85. The Bertz CT molecular complexity index is 414. The first kappa shape index (κ1) is 10.5. The van der Waals surface area contributed by atoms with Crippen LogP contribution in [0.15, 0.2) is 24.3 Å². The van der Waals surface area contributed by atoms with Crippen molar-refractivity contribution in [2.24, 2.45) is 0 Å². The summed E-state index contributed by atoms with van der Waals surface area (Å²) in [6.07, 6.45) is 0.972. The number of amides is 2. The Balaban J connectivity index is 1.97. The predicted octanol–water partition coefficient (Wildman–Crippen LogP) is 0.486. The maximum absolute atomic E-state index is 11.7. The number of hydrogen-bond acceptors (Lipinski definition) is 3. The van der Waals surface area contributed by atoms with Crippen molar-refractivity contribution in [1.82, 2.24) is 5.32 Å². The van der Waals surface area contributed by atoms with Gasteiger partial charge < -0.3 is 16.4 Å². The average molecular weight is 219 g/mol. The third-order valence-corrected chi connectivity index (χ3v) is 2.49. The molecule has 1 aromatic carbocycles. The Hall–Kier alpha value is -2.04. The Morgan fingerprint density at radius 2 is 2.06 bits per heavy atom. The van der Waals surface area contributed by atoms with E-state index in [1.165, 1.54) is 0 Å². The summed E-state index contributed by atoms with van der Waals surface area (Å²) in [6.45, 7) is 0. The molecule has 1 fully saturated rings. The second-order valence-electron chi connectivity index (χ2n) is 3.77. The van der Waals surface area contributed by atoms with Crippen LogP contribution in [0.4, 0.5) is 11.4 Å². The zero-order chi connectivity index (χ0) is 11.5. The lowest BCUT2D eigenvalue weighted by molar-refractivity contribution is -0.122. The minimum absolute atomic E-state index is 0.0718. The second kappa shape index (κ2) is 4.22. The van der Waals surface area contributed by atoms with Crippen molar-refractivity contribution in [3.63, 3.8) is 0 Å². The van der Waals surface area contributed by atoms with E-state index in [1.54, 1.807) is 24.3 Å². The van der Waals surface area contributed by atoms with E-state index in [0.717, 1.165) is 0 Å². The summed E-state index contributed by atoms with van der Waals surface area (Å²) in [5.74, 6) is -0.256. The van der Waals surface area contributed by atoms with Gasteiger partial charge in [-0.2, -0.15) is 0 Å². The minimum atomic E-state index is -0.412. The molecule has 5 nitrogen and oxygen atoms in total. The van der Waals surface area contributed by atoms with Crippen LogP contribution in [0, 0.1) is 0 Å². The quantitative estimate of drug-likeness (QED) is 0.633. The van der Waals surface area contributed by atoms with Crippen LogP contribution in [0.5, 0.6) is 0 Å². The Morgan fingerprint density at radius 1 is 1.38 bits per heavy atom. The van der Waals surface area contributed by atoms with Crippen LogP contribution in [0.1, 0.15) is 12.8 Å². The smallest absolute Gasteiger partial charge is 0.246 e. The highest BCUT2D eigenvalue weighted by molar-refractivity contribution is 5.99. The molecule has 1 aliphatic heterocycles. The van der Waals surface area contributed by atoms with Crippen LogP contribution in [0.3, 0.4) is 0 Å². The molecule has 84 valence electrons. The Morgan fingerprint density at radius 3 is 2.62 bits per heavy atom. The van der Waals surface area contributed by atoms with E-state index in [9.17, 15) is 9.59 Å². The number of carbonyl (C=O) groups excluding carboxylic acids is 2. The molecule has 5 heteroatoms. The van der Waals surface area contributed by atoms with Gasteiger partial charge in [-0.05, 0) is 30.7 Å². The van der Waals surface area contributed by atoms with E-state index in [4.69, 9.17) is 5.73 Å². The number of carbonyl (C=O) groups is 2. The molecule has 0 spiro atoms. The SMILES string of the molecule is Nc1ccc(NC(=O)[C@@H]2CCC(=O)N2)cc1. The van der Waals surface area contributed by atoms with Gasteiger partial charge in [0.05, 0.1) is 0 Å². The van der Waals surface area contributed by atoms with Gasteiger partial charge in [0.15, 0.2) is 0 Å². The summed E-state index contributed by atoms with van der Waals surface area (Å²) < 4.78 is 0. The van der Waals surface area contributed by atoms with E-state index in [-0.39, 0.29) is 11.8 Å². The summed E-state index contributed by atoms with van der Waals surface area (Å²) in [6, 6.07) is 6.46. The number of rotatable bonds is 2. The fourth-order valence-electron chi connectivity index (χ4n) is 1.61. The van der Waals surface area contributed by atoms with Crippen LogP contribution in [0.2, 0.25) is 0 Å². The van der Waals surface area contributed by atoms with Gasteiger partial charge in [0, 0.05) is 17.8 Å². The monoisotopic (exact) mass is 219 g/mol. The predicted molar refractivity (Wildman–Crippen MR) is 60.6 cm³/mol. The molecular formula is C11H13N3O2. The normalized spacial score (nSPS) is 19.2. The first-order chi connectivity index (χ1) is 7.65. The van der Waals surface area contributed by atoms with Gasteiger partial charge in [-0.3, -0.25) is 9.59 Å². The first-order valence-corrected chi connectivity index (χ1v) is 5.11. The fraction of sp³-hybridized carbons (Fsp3) is 0.273. The van der Waals surface area contributed by atoms with Crippen molar-refractivity contribution in [3.8, 4) is 0 Å². The van der Waals surface area contributed by atoms with E-state index in [2.05, 4.69) is 10.6 Å². The number of nitrogens with one attached hydrogen (secondary N) is 2. The standard InChI is InChI=1S/C11H13N3O2/c12-7-1-3-8(4-2-7)13-11(16)9-5-6-10(15)14-9/h1-4,9H,5-6,12H2,(H,13,16)(H,14,15)/t9-/m0/s1. The highest BCUT2D eigenvalue weighted by Crippen LogP contribution is 2.13. The third-order valence-electron chi connectivity index (χ3n) is 2.49. The molecule has 0 saturated carbocycles. The minimum Gasteiger partial charge on any atom is -0.399 e. The molecular weight excluding hydrogens is 206 g/mol. The zero-order valence-electron chi connectivity index (χ0n) is 8.69. The molecule has 4 N–H and O–H groups in total. The molecule has 0 aliphatic carbocycles. The molecule has 0 bridgehead atoms. The van der Waals surface area contributed by atoms with Crippen LogP contribution in [-0.4, -0.2) is 17.9 Å². The molecule has 2 amide bonds. The van der Waals surface area contributed by atoms with Crippen molar-refractivity contribution in [2.45, 2.75) is 18.9 Å². The molecule has 2 rings (SSSR count). The first-order valence-electron chi connectivity index (χ1n) is 5.11. The van der Waals surface area contributed by atoms with Crippen LogP contribution >= 0.6 is 0 Å². The molecule has 0 aromatic heterocycles. The number of hydrogen-bond donors (Lipinski definition) is 3. The topological polar surface area (TPSA) is 84.2 Å². The van der Waals surface area contributed by atoms with Crippen molar-refractivity contribution < 1.29 is 9.59 Å². The molecule has 1 saturated heterocycles. The van der Waals surface area contributed by atoms with Crippen molar-refractivity contribution in [3.05, 3.63) is 24.3 Å². The summed E-state index contributed by atoms with van der Waals surface area (Å²) >= 11 is 0. The van der Waals surface area contributed by atoms with E-state index < -0.39 is 6.04 Å². The Labute approximate surface area is 93.0 Å². The van der Waals surface area contributed by atoms with Gasteiger partial charge in [-0.15, -0.1) is 0 Å². The van der Waals surface area contributed by atoms with Crippen LogP contribution in [-0.2, 0) is 9.59 Å². The lowest BCUT2D eigenvalue weighted by Crippen LogP contribution is -2.37. The number of nitrogens with two attached hydrogens (primary N) is 1. The molecule has 1 aliphatic rings. The molecule has 0 unspecified atom stereocenters. The largest absolute Gasteiger partial charge is 0.399 e. The van der Waals surface area contributed by atoms with Gasteiger partial charge in [0.25, 0.3) is 0 Å². The number of anilines is 2. The van der Waals surface area contributed by atoms with E-state index in [1.807, 2.05) is 0 Å². The molecule has 0 radical (unpaired) electrons. The third kappa shape index (κ3) is 2.31. The highest BCUT2D eigenvalue weighted by Gasteiger charge is 2.26. The molecule has 1 atom stereocenters. The maximum atomic E-state index is 11.7. The fourth-order valence-corrected chi connectivity index (χ4v) is 1.61. The lowest BCUT2D eigenvalue weighted by atomic mass is 10.2. The van der Waals surface area contributed by atoms with Crippen LogP contribution in [0.25, 0.3) is 0 Å². The second-order valence-corrected chi connectivity index (χ2v) is 3.77. The number of benzene rings is 1. The van der Waals surface area contributed by atoms with Crippen molar-refractivity contribution >= 4 is 23.2 Å². The van der Waals surface area contributed by atoms with Crippen molar-refractivity contribution in [2.75, 3.05) is 11.1 Å². The van der Waals surface area contributed by atoms with Gasteiger partial charge >= 0.3 is 0 Å². The molecule has 1 aromatic rings. The maximum Gasteiger partial charge on any atom is 0.246 e. The lowest BCUT2D eigenvalue weighted by Gasteiger charge is -2.10. The molecule has 16 heavy (non-hydrogen) atoms. The van der Waals surface area contributed by atoms with Gasteiger partial charge in [-0.25, -0.2) is 0 Å². The van der Waals surface area contributed by atoms with E-state index in [0.29, 0.717) is 24.2 Å². The summed E-state index contributed by atoms with van der Waals surface area (Å²) in [7, 11) is 0. The van der Waals surface area contributed by atoms with Crippen molar-refractivity contribution in [1.29, 1.82) is 0 Å². The summed E-state index contributed by atoms with van der Waals surface area (Å²) in [5, 5.41) is 5.33. The van der Waals surface area contributed by atoms with Gasteiger partial charge in [-0.1, -0.05) is 0 Å². The van der Waals surface area contributed by atoms with Gasteiger partial charge in [0.2, 0.25) is 11.8 Å². The van der Waals surface area contributed by atoms with Gasteiger partial charge in [0.1, 0.15) is 6.04 Å². The summed E-state index contributed by atoms with van der Waals surface area (Å²) in [4.78, 5) is 22.6. The molecule has 1 heterocycles.